The molecule has 0 bridgehead atoms. The van der Waals surface area contributed by atoms with Gasteiger partial charge in [0.1, 0.15) is 91.0 Å². The quantitative estimate of drug-likeness (QED) is 0.00493. The lowest BCUT2D eigenvalue weighted by atomic mass is 9.96. The number of hydrogen-bond donors (Lipinski definition) is 3. The Hall–Kier alpha value is -13.5. The van der Waals surface area contributed by atoms with Gasteiger partial charge in [0.05, 0.1) is 69.2 Å². The summed E-state index contributed by atoms with van der Waals surface area (Å²) in [6.45, 7) is 11.3. The zero-order valence-corrected chi connectivity index (χ0v) is 71.7. The summed E-state index contributed by atoms with van der Waals surface area (Å²) in [6.07, 6.45) is -4.88. The average molecular weight is 1760 g/mol. The van der Waals surface area contributed by atoms with Crippen molar-refractivity contribution in [1.82, 2.24) is 40.4 Å². The Morgan fingerprint density at radius 1 is 0.730 bits per heavy atom. The van der Waals surface area contributed by atoms with Gasteiger partial charge in [-0.25, -0.2) is 38.7 Å². The maximum absolute atomic E-state index is 14.8. The van der Waals surface area contributed by atoms with Crippen LogP contribution in [0.1, 0.15) is 71.3 Å². The minimum absolute atomic E-state index is 0.0234. The topological polar surface area (TPSA) is 342 Å². The number of piperazine rings is 1. The normalized spacial score (nSPS) is 13.5. The number of alkyl halides is 3. The summed E-state index contributed by atoms with van der Waals surface area (Å²) in [7, 11) is 7.06. The number of fused-ring (bicyclic) bond motifs is 4. The molecule has 3 atom stereocenters. The second-order valence-electron chi connectivity index (χ2n) is 30.5. The Bertz CT molecular complexity index is 5740. The van der Waals surface area contributed by atoms with Crippen molar-refractivity contribution in [3.8, 4) is 73.0 Å². The Labute approximate surface area is 732 Å². The van der Waals surface area contributed by atoms with E-state index in [0.29, 0.717) is 112 Å². The van der Waals surface area contributed by atoms with Crippen molar-refractivity contribution in [3.63, 3.8) is 0 Å². The SMILES string of the molecule is COc1ccc(COC(=O)[C@@H](Cc2ccccc2OCc2ccnc(-c3ccccc3OC)n2)Oc2ncnc3sc(-c4ccc(F)cc4)c(-c4ccc(OCCN5CC[N+](C)(Cc6ccc(NC(=O)[C@H](C)NC(=O)[C@@H](NC(=O)OCCN=[N+]=[N-])C(C)C)cc6CN(C)C(=O)OCC6c7ccccc7-c7ccccc76)CC5)c(Cl)c4C)c23)cc1.O=C([O-])C(F)(F)F. The summed E-state index contributed by atoms with van der Waals surface area (Å²) in [4.78, 5) is 104. The number of methoxy groups -OCH3 is 2. The Morgan fingerprint density at radius 2 is 1.40 bits per heavy atom. The number of hydrogen-bond acceptors (Lipinski definition) is 22. The maximum atomic E-state index is 14.8. The van der Waals surface area contributed by atoms with Crippen LogP contribution in [-0.4, -0.2) is 182 Å². The zero-order chi connectivity index (χ0) is 89.8. The fourth-order valence-corrected chi connectivity index (χ4v) is 16.0. The smallest absolute Gasteiger partial charge is 0.430 e. The number of amides is 4. The molecule has 2 aliphatic rings. The van der Waals surface area contributed by atoms with Crippen molar-refractivity contribution in [1.29, 1.82) is 0 Å². The van der Waals surface area contributed by atoms with Crippen LogP contribution in [0.15, 0.2) is 200 Å². The highest BCUT2D eigenvalue weighted by Crippen LogP contribution is 2.50. The molecular formula is C92H92ClF4N13O15S. The number of carbonyl (C=O) groups excluding carboxylic acids is 6. The number of alkyl carbamates (subject to hydrolysis) is 1. The Kier molecular flexibility index (Phi) is 30.8. The molecule has 34 heteroatoms. The van der Waals surface area contributed by atoms with Gasteiger partial charge in [0, 0.05) is 78.4 Å². The third-order valence-electron chi connectivity index (χ3n) is 21.4. The first-order valence-corrected chi connectivity index (χ1v) is 41.4. The van der Waals surface area contributed by atoms with Crippen LogP contribution in [0.3, 0.4) is 0 Å². The number of likely N-dealkylation sites (N-methyl/N-ethyl adjacent to an activating group) is 1. The molecule has 3 N–H and O–H groups in total. The lowest BCUT2D eigenvalue weighted by Crippen LogP contribution is -2.57. The standard InChI is InChI=1S/C90H91ClFN13O13S.C2HF3O2/c1-55(2)81(101-89(109)114-45-39-97-102-93)85(107)98-57(4)84(106)100-64-32-29-61(62(47-64)49-103(5)90(110)117-53-73-70-20-12-10-18-68(70)69-19-11-13-21-71(69)73)50-105(6)43-40-104(41-44-105)42-46-113-76-36-35-67(56(3)80(76)91)78-79-86(95-54-96-87(79)119-82(78)59-27-30-63(92)31-28-59)118-77(88(108)116-51-58-25-33-66(111-7)34-26-58)48-60-17-9-15-23-74(60)115-52-65-37-38-94-83(99-65)72-22-14-16-24-75(72)112-8;3-2(4,5)1(6)7/h9-38,47,54-55,57,73,77,81H,39-46,48-53H2,1-8H3,(H2-,98,100,101,106,107,109);(H,6,7)/t57-,77+,81-;/m0./s1. The molecule has 0 unspecified atom stereocenters. The number of benzene rings is 8. The molecule has 1 saturated heterocycles. The highest BCUT2D eigenvalue weighted by molar-refractivity contribution is 7.22. The number of ether oxygens (including phenoxy) is 8. The van der Waals surface area contributed by atoms with E-state index in [4.69, 9.17) is 79.9 Å². The second-order valence-corrected chi connectivity index (χ2v) is 31.9. The molecule has 8 aromatic carbocycles. The van der Waals surface area contributed by atoms with Crippen molar-refractivity contribution in [2.75, 3.05) is 92.7 Å². The van der Waals surface area contributed by atoms with E-state index in [2.05, 4.69) is 67.2 Å². The van der Waals surface area contributed by atoms with E-state index in [-0.39, 0.29) is 63.7 Å². The Balaban J connectivity index is 0.00000198. The number of esters is 1. The summed E-state index contributed by atoms with van der Waals surface area (Å²) in [6, 6.07) is 53.6. The van der Waals surface area contributed by atoms with Crippen LogP contribution < -0.4 is 44.7 Å². The van der Waals surface area contributed by atoms with Crippen LogP contribution in [0, 0.1) is 18.7 Å². The number of nitrogens with zero attached hydrogens (tertiary/aromatic N) is 10. The van der Waals surface area contributed by atoms with Crippen molar-refractivity contribution < 1.29 is 93.8 Å². The number of anilines is 1. The van der Waals surface area contributed by atoms with Crippen molar-refractivity contribution >= 4 is 74.8 Å². The van der Waals surface area contributed by atoms with Gasteiger partial charge in [-0.1, -0.05) is 146 Å². The van der Waals surface area contributed by atoms with E-state index < -0.39 is 66.1 Å². The minimum Gasteiger partial charge on any atom is -0.542 e. The third-order valence-corrected chi connectivity index (χ3v) is 23.0. The highest BCUT2D eigenvalue weighted by Gasteiger charge is 2.36. The van der Waals surface area contributed by atoms with Gasteiger partial charge in [0.2, 0.25) is 23.8 Å². The lowest BCUT2D eigenvalue weighted by molar-refractivity contribution is -0.926. The number of carboxylic acids is 1. The molecule has 1 aliphatic heterocycles. The van der Waals surface area contributed by atoms with Gasteiger partial charge >= 0.3 is 24.3 Å². The number of halogens is 5. The van der Waals surface area contributed by atoms with Gasteiger partial charge < -0.3 is 73.1 Å². The van der Waals surface area contributed by atoms with Crippen molar-refractivity contribution in [2.24, 2.45) is 11.0 Å². The number of aromatic nitrogens is 4. The summed E-state index contributed by atoms with van der Waals surface area (Å²) < 4.78 is 95.2. The van der Waals surface area contributed by atoms with E-state index in [0.717, 1.165) is 70.7 Å². The maximum Gasteiger partial charge on any atom is 0.430 e. The lowest BCUT2D eigenvalue weighted by Gasteiger charge is -2.42. The molecule has 0 radical (unpaired) electrons. The van der Waals surface area contributed by atoms with Crippen LogP contribution in [-0.2, 0) is 66.1 Å². The molecule has 3 aromatic heterocycles. The number of carboxylic acid groups (broad SMARTS) is 1. The molecule has 13 rings (SSSR count). The monoisotopic (exact) mass is 1760 g/mol. The van der Waals surface area contributed by atoms with Crippen LogP contribution in [0.5, 0.6) is 28.9 Å². The van der Waals surface area contributed by atoms with E-state index >= 15 is 0 Å². The number of nitrogens with one attached hydrogen (secondary N) is 3. The van der Waals surface area contributed by atoms with Crippen LogP contribution in [0.2, 0.25) is 5.02 Å². The highest BCUT2D eigenvalue weighted by atomic mass is 35.5. The summed E-state index contributed by atoms with van der Waals surface area (Å²) in [5, 5.41) is 21.2. The third kappa shape index (κ3) is 23.3. The largest absolute Gasteiger partial charge is 0.542 e. The molecular weight excluding hydrogens is 1670 g/mol. The first kappa shape index (κ1) is 91.7. The van der Waals surface area contributed by atoms with Gasteiger partial charge in [0.15, 0.2) is 5.82 Å². The van der Waals surface area contributed by atoms with Gasteiger partial charge in [-0.2, -0.15) is 13.2 Å². The van der Waals surface area contributed by atoms with E-state index in [9.17, 15) is 41.5 Å². The number of rotatable bonds is 34. The number of para-hydroxylation sites is 2. The molecule has 0 spiro atoms. The zero-order valence-electron chi connectivity index (χ0n) is 70.2. The van der Waals surface area contributed by atoms with E-state index in [1.165, 1.54) is 41.6 Å². The molecule has 126 heavy (non-hydrogen) atoms. The number of quaternary nitrogens is 1. The molecule has 656 valence electrons. The van der Waals surface area contributed by atoms with Gasteiger partial charge in [-0.3, -0.25) is 14.5 Å². The van der Waals surface area contributed by atoms with Crippen LogP contribution in [0.4, 0.5) is 32.8 Å². The van der Waals surface area contributed by atoms with E-state index in [1.807, 2.05) is 122 Å². The van der Waals surface area contributed by atoms with Gasteiger partial charge in [-0.15, -0.1) is 11.3 Å². The van der Waals surface area contributed by atoms with Gasteiger partial charge in [-0.05, 0) is 148 Å². The fourth-order valence-electron chi connectivity index (χ4n) is 14.6. The first-order chi connectivity index (χ1) is 60.6. The summed E-state index contributed by atoms with van der Waals surface area (Å²) in [5.74, 6) is -3.02. The van der Waals surface area contributed by atoms with Crippen molar-refractivity contribution in [3.05, 3.63) is 260 Å². The molecule has 11 aromatic rings. The number of thiophene rings is 1. The molecule has 1 fully saturated rings. The number of aliphatic carboxylic acids is 1. The van der Waals surface area contributed by atoms with Crippen LogP contribution in [0.25, 0.3) is 64.7 Å². The van der Waals surface area contributed by atoms with Crippen LogP contribution >= 0.6 is 22.9 Å². The molecule has 4 amide bonds. The number of carbonyl (C=O) groups is 6. The fraction of sp³-hybridized carbons (Fsp3) is 0.304. The summed E-state index contributed by atoms with van der Waals surface area (Å²) >= 11 is 8.79. The van der Waals surface area contributed by atoms with E-state index in [1.54, 1.807) is 71.6 Å². The molecule has 28 nitrogen and oxygen atoms in total. The average Bonchev–Trinajstić information content (AvgIpc) is 1.59. The minimum atomic E-state index is -5.19. The number of azide groups is 1. The molecule has 0 saturated carbocycles. The molecule has 1 aliphatic carbocycles. The molecule has 4 heterocycles. The second kappa shape index (κ2) is 42.3. The van der Waals surface area contributed by atoms with Gasteiger partial charge in [0.25, 0.3) is 0 Å². The summed E-state index contributed by atoms with van der Waals surface area (Å²) in [5.41, 5.74) is 20.5. The predicted octanol–water partition coefficient (Wildman–Crippen LogP) is 15.4. The first-order valence-electron chi connectivity index (χ1n) is 40.2. The predicted molar refractivity (Wildman–Crippen MR) is 463 cm³/mol. The Morgan fingerprint density at radius 3 is 2.08 bits per heavy atom. The van der Waals surface area contributed by atoms with Crippen molar-refractivity contribution in [2.45, 2.75) is 90.7 Å².